The Bertz CT molecular complexity index is 534. The Kier molecular flexibility index (Phi) is 3.18. The molecule has 0 bridgehead atoms. The molecule has 0 atom stereocenters. The number of carboxylic acid groups (broad SMARTS) is 1. The van der Waals surface area contributed by atoms with Crippen LogP contribution in [0.5, 0.6) is 0 Å². The third-order valence-electron chi connectivity index (χ3n) is 2.32. The molecule has 0 spiro atoms. The van der Waals surface area contributed by atoms with Gasteiger partial charge in [0.1, 0.15) is 0 Å². The van der Waals surface area contributed by atoms with Crippen LogP contribution in [-0.2, 0) is 6.42 Å². The van der Waals surface area contributed by atoms with E-state index in [9.17, 15) is 4.79 Å². The minimum Gasteiger partial charge on any atom is -0.478 e. The van der Waals surface area contributed by atoms with Gasteiger partial charge in [0.15, 0.2) is 0 Å². The van der Waals surface area contributed by atoms with Crippen molar-refractivity contribution in [2.24, 2.45) is 0 Å². The van der Waals surface area contributed by atoms with Gasteiger partial charge in [0.25, 0.3) is 0 Å². The molecule has 0 unspecified atom stereocenters. The quantitative estimate of drug-likeness (QED) is 0.875. The van der Waals surface area contributed by atoms with E-state index < -0.39 is 5.97 Å². The number of hydrogen-bond acceptors (Lipinski definition) is 4. The van der Waals surface area contributed by atoms with Gasteiger partial charge in [0, 0.05) is 6.42 Å². The number of benzene rings is 1. The largest absolute Gasteiger partial charge is 0.478 e. The lowest BCUT2D eigenvalue weighted by atomic mass is 10.1. The summed E-state index contributed by atoms with van der Waals surface area (Å²) in [6.45, 7) is 2.01. The molecule has 5 nitrogen and oxygen atoms in total. The molecule has 0 aliphatic heterocycles. The molecule has 2 rings (SSSR count). The Morgan fingerprint density at radius 3 is 2.82 bits per heavy atom. The molecule has 1 N–H and O–H groups in total. The third kappa shape index (κ3) is 2.33. The minimum atomic E-state index is -1.00. The summed E-state index contributed by atoms with van der Waals surface area (Å²) in [5.41, 5.74) is 0.619. The first-order chi connectivity index (χ1) is 8.22. The van der Waals surface area contributed by atoms with Crippen molar-refractivity contribution in [3.63, 3.8) is 0 Å². The Hall–Kier alpha value is -2.17. The Morgan fingerprint density at radius 1 is 1.35 bits per heavy atom. The van der Waals surface area contributed by atoms with Crippen molar-refractivity contribution in [3.05, 3.63) is 35.7 Å². The third-order valence-corrected chi connectivity index (χ3v) is 2.32. The standard InChI is InChI=1S/C12H12N2O3/c1-2-5-10-13-14-11(17-10)8-6-3-4-7-9(8)12(15)16/h3-4,6-7H,2,5H2,1H3,(H,15,16). The first-order valence-corrected chi connectivity index (χ1v) is 5.37. The molecule has 0 amide bonds. The van der Waals surface area contributed by atoms with Gasteiger partial charge in [0.2, 0.25) is 11.8 Å². The van der Waals surface area contributed by atoms with Gasteiger partial charge in [-0.05, 0) is 18.6 Å². The van der Waals surface area contributed by atoms with E-state index in [0.717, 1.165) is 6.42 Å². The zero-order valence-electron chi connectivity index (χ0n) is 9.38. The maximum atomic E-state index is 11.0. The van der Waals surface area contributed by atoms with E-state index in [1.807, 2.05) is 6.92 Å². The molecule has 0 aliphatic carbocycles. The topological polar surface area (TPSA) is 76.2 Å². The van der Waals surface area contributed by atoms with Crippen LogP contribution in [0.25, 0.3) is 11.5 Å². The SMILES string of the molecule is CCCc1nnc(-c2ccccc2C(=O)O)o1. The fourth-order valence-electron chi connectivity index (χ4n) is 1.53. The maximum absolute atomic E-state index is 11.0. The van der Waals surface area contributed by atoms with Crippen LogP contribution in [0.3, 0.4) is 0 Å². The lowest BCUT2D eigenvalue weighted by Gasteiger charge is -1.99. The second-order valence-electron chi connectivity index (χ2n) is 3.60. The highest BCUT2D eigenvalue weighted by Gasteiger charge is 2.15. The molecule has 0 saturated heterocycles. The second kappa shape index (κ2) is 4.78. The van der Waals surface area contributed by atoms with Crippen LogP contribution in [0, 0.1) is 0 Å². The van der Waals surface area contributed by atoms with Crippen molar-refractivity contribution < 1.29 is 14.3 Å². The Balaban J connectivity index is 2.41. The van der Waals surface area contributed by atoms with E-state index >= 15 is 0 Å². The highest BCUT2D eigenvalue weighted by molar-refractivity contribution is 5.94. The predicted octanol–water partition coefficient (Wildman–Crippen LogP) is 2.39. The molecule has 1 aromatic carbocycles. The van der Waals surface area contributed by atoms with Crippen molar-refractivity contribution in [1.82, 2.24) is 10.2 Å². The van der Waals surface area contributed by atoms with Crippen molar-refractivity contribution in [3.8, 4) is 11.5 Å². The first kappa shape index (κ1) is 11.3. The van der Waals surface area contributed by atoms with Gasteiger partial charge in [-0.1, -0.05) is 19.1 Å². The summed E-state index contributed by atoms with van der Waals surface area (Å²) in [7, 11) is 0. The number of aromatic nitrogens is 2. The molecule has 0 fully saturated rings. The highest BCUT2D eigenvalue weighted by Crippen LogP contribution is 2.22. The number of aromatic carboxylic acids is 1. The zero-order valence-corrected chi connectivity index (χ0v) is 9.38. The molecule has 0 saturated carbocycles. The van der Waals surface area contributed by atoms with E-state index in [-0.39, 0.29) is 11.5 Å². The number of hydrogen-bond donors (Lipinski definition) is 1. The van der Waals surface area contributed by atoms with Gasteiger partial charge < -0.3 is 9.52 Å². The Morgan fingerprint density at radius 2 is 2.12 bits per heavy atom. The smallest absolute Gasteiger partial charge is 0.336 e. The summed E-state index contributed by atoms with van der Waals surface area (Å²) in [6.07, 6.45) is 1.60. The predicted molar refractivity (Wildman–Crippen MR) is 60.7 cm³/mol. The first-order valence-electron chi connectivity index (χ1n) is 5.37. The lowest BCUT2D eigenvalue weighted by Crippen LogP contribution is -1.99. The molecule has 2 aromatic rings. The van der Waals surface area contributed by atoms with Crippen molar-refractivity contribution >= 4 is 5.97 Å². The second-order valence-corrected chi connectivity index (χ2v) is 3.60. The van der Waals surface area contributed by atoms with Crippen LogP contribution < -0.4 is 0 Å². The molecule has 88 valence electrons. The van der Waals surface area contributed by atoms with Gasteiger partial charge in [-0.3, -0.25) is 0 Å². The number of carbonyl (C=O) groups is 1. The van der Waals surface area contributed by atoms with Gasteiger partial charge in [0.05, 0.1) is 11.1 Å². The highest BCUT2D eigenvalue weighted by atomic mass is 16.4. The van der Waals surface area contributed by atoms with Gasteiger partial charge >= 0.3 is 5.97 Å². The molecule has 1 aromatic heterocycles. The fraction of sp³-hybridized carbons (Fsp3) is 0.250. The van der Waals surface area contributed by atoms with Crippen LogP contribution in [0.4, 0.5) is 0 Å². The van der Waals surface area contributed by atoms with Gasteiger partial charge in [-0.25, -0.2) is 4.79 Å². The van der Waals surface area contributed by atoms with E-state index in [2.05, 4.69) is 10.2 Å². The van der Waals surface area contributed by atoms with Crippen molar-refractivity contribution in [2.45, 2.75) is 19.8 Å². The van der Waals surface area contributed by atoms with E-state index in [1.54, 1.807) is 18.2 Å². The number of carboxylic acids is 1. The molecule has 1 heterocycles. The summed E-state index contributed by atoms with van der Waals surface area (Å²) >= 11 is 0. The normalized spacial score (nSPS) is 10.4. The minimum absolute atomic E-state index is 0.166. The molecular formula is C12H12N2O3. The average Bonchev–Trinajstić information content (AvgIpc) is 2.78. The van der Waals surface area contributed by atoms with Crippen molar-refractivity contribution in [1.29, 1.82) is 0 Å². The fourth-order valence-corrected chi connectivity index (χ4v) is 1.53. The molecule has 0 radical (unpaired) electrons. The lowest BCUT2D eigenvalue weighted by molar-refractivity contribution is 0.0697. The van der Waals surface area contributed by atoms with E-state index in [0.29, 0.717) is 17.9 Å². The van der Waals surface area contributed by atoms with Crippen LogP contribution >= 0.6 is 0 Å². The molecule has 5 heteroatoms. The average molecular weight is 232 g/mol. The Labute approximate surface area is 98.1 Å². The monoisotopic (exact) mass is 232 g/mol. The van der Waals surface area contributed by atoms with Crippen LogP contribution in [0.15, 0.2) is 28.7 Å². The van der Waals surface area contributed by atoms with Crippen LogP contribution in [-0.4, -0.2) is 21.3 Å². The summed E-state index contributed by atoms with van der Waals surface area (Å²) in [6, 6.07) is 6.58. The zero-order chi connectivity index (χ0) is 12.3. The van der Waals surface area contributed by atoms with Crippen LogP contribution in [0.1, 0.15) is 29.6 Å². The summed E-state index contributed by atoms with van der Waals surface area (Å²) in [5, 5.41) is 16.8. The number of rotatable bonds is 4. The van der Waals surface area contributed by atoms with E-state index in [4.69, 9.17) is 9.52 Å². The summed E-state index contributed by atoms with van der Waals surface area (Å²) in [5.74, 6) is -0.218. The van der Waals surface area contributed by atoms with E-state index in [1.165, 1.54) is 6.07 Å². The van der Waals surface area contributed by atoms with Crippen LogP contribution in [0.2, 0.25) is 0 Å². The number of aryl methyl sites for hydroxylation is 1. The summed E-state index contributed by atoms with van der Waals surface area (Å²) < 4.78 is 5.42. The van der Waals surface area contributed by atoms with Crippen molar-refractivity contribution in [2.75, 3.05) is 0 Å². The van der Waals surface area contributed by atoms with Gasteiger partial charge in [-0.2, -0.15) is 0 Å². The van der Waals surface area contributed by atoms with Gasteiger partial charge in [-0.15, -0.1) is 10.2 Å². The molecular weight excluding hydrogens is 220 g/mol. The molecule has 0 aliphatic rings. The number of nitrogens with zero attached hydrogens (tertiary/aromatic N) is 2. The molecule has 17 heavy (non-hydrogen) atoms. The summed E-state index contributed by atoms with van der Waals surface area (Å²) in [4.78, 5) is 11.0. The maximum Gasteiger partial charge on any atom is 0.336 e.